The van der Waals surface area contributed by atoms with E-state index in [0.717, 1.165) is 6.04 Å². The molecule has 1 aromatic carbocycles. The van der Waals surface area contributed by atoms with Crippen LogP contribution in [0.4, 0.5) is 0 Å². The van der Waals surface area contributed by atoms with Crippen molar-refractivity contribution >= 4 is 6.08 Å². The molecule has 0 aromatic heterocycles. The van der Waals surface area contributed by atoms with Crippen molar-refractivity contribution in [1.29, 1.82) is 0 Å². The monoisotopic (exact) mass is 271 g/mol. The summed E-state index contributed by atoms with van der Waals surface area (Å²) in [6.45, 7) is 9.15. The molecule has 1 unspecified atom stereocenters. The lowest BCUT2D eigenvalue weighted by Gasteiger charge is -2.34. The van der Waals surface area contributed by atoms with Gasteiger partial charge < -0.3 is 4.90 Å². The number of hydrogen-bond donors (Lipinski definition) is 0. The van der Waals surface area contributed by atoms with Crippen molar-refractivity contribution in [2.24, 2.45) is 0 Å². The Morgan fingerprint density at radius 1 is 1.20 bits per heavy atom. The number of likely N-dealkylation sites (N-methyl/N-ethyl adjacent to an activating group) is 1. The molecular formula is C19H29N. The third kappa shape index (κ3) is 3.52. The normalized spacial score (nSPS) is 18.7. The van der Waals surface area contributed by atoms with Crippen LogP contribution in [0.5, 0.6) is 0 Å². The minimum atomic E-state index is 0.734. The Balaban J connectivity index is 2.20. The Hall–Kier alpha value is -1.08. The van der Waals surface area contributed by atoms with Gasteiger partial charge in [-0.1, -0.05) is 57.5 Å². The van der Waals surface area contributed by atoms with E-state index in [4.69, 9.17) is 0 Å². The third-order valence-corrected chi connectivity index (χ3v) is 4.58. The molecule has 0 fully saturated rings. The lowest BCUT2D eigenvalue weighted by atomic mass is 9.84. The van der Waals surface area contributed by atoms with Crippen molar-refractivity contribution in [3.05, 3.63) is 41.0 Å². The van der Waals surface area contributed by atoms with E-state index in [9.17, 15) is 0 Å². The zero-order valence-electron chi connectivity index (χ0n) is 13.4. The molecule has 1 aromatic rings. The number of aryl methyl sites for hydroxylation is 1. The largest absolute Gasteiger partial charge is 0.301 e. The summed E-state index contributed by atoms with van der Waals surface area (Å²) in [5, 5.41) is 0. The summed E-state index contributed by atoms with van der Waals surface area (Å²) in [6.07, 6.45) is 10.9. The van der Waals surface area contributed by atoms with Crippen molar-refractivity contribution in [1.82, 2.24) is 4.90 Å². The average Bonchev–Trinajstić information content (AvgIpc) is 2.49. The molecule has 0 heterocycles. The highest BCUT2D eigenvalue weighted by atomic mass is 15.1. The van der Waals surface area contributed by atoms with Gasteiger partial charge in [0.1, 0.15) is 0 Å². The fourth-order valence-corrected chi connectivity index (χ4v) is 3.38. The molecule has 0 radical (unpaired) electrons. The van der Waals surface area contributed by atoms with E-state index >= 15 is 0 Å². The number of nitrogens with zero attached hydrogens (tertiary/aromatic N) is 1. The Morgan fingerprint density at radius 3 is 2.70 bits per heavy atom. The first-order valence-electron chi connectivity index (χ1n) is 8.31. The number of allylic oxidation sites excluding steroid dienone is 1. The standard InChI is InChI=1S/C19H29N/c1-4-7-8-10-16-11-9-12-17-13-14-18(15-19(16)17)20(5-2)6-3/h8-12,18H,4-7,13-15H2,1-3H3. The maximum Gasteiger partial charge on any atom is 0.0139 e. The molecule has 1 aliphatic carbocycles. The van der Waals surface area contributed by atoms with Gasteiger partial charge in [-0.15, -0.1) is 0 Å². The van der Waals surface area contributed by atoms with Crippen LogP contribution >= 0.6 is 0 Å². The van der Waals surface area contributed by atoms with Crippen LogP contribution in [-0.2, 0) is 12.8 Å². The Bertz CT molecular complexity index is 443. The predicted molar refractivity (Wildman–Crippen MR) is 89.1 cm³/mol. The molecule has 20 heavy (non-hydrogen) atoms. The van der Waals surface area contributed by atoms with E-state index in [1.165, 1.54) is 50.8 Å². The summed E-state index contributed by atoms with van der Waals surface area (Å²) in [6, 6.07) is 7.57. The molecule has 0 amide bonds. The topological polar surface area (TPSA) is 3.24 Å². The molecule has 1 atom stereocenters. The smallest absolute Gasteiger partial charge is 0.0139 e. The van der Waals surface area contributed by atoms with Gasteiger partial charge in [-0.3, -0.25) is 0 Å². The van der Waals surface area contributed by atoms with Crippen LogP contribution in [0.3, 0.4) is 0 Å². The van der Waals surface area contributed by atoms with E-state index in [0.29, 0.717) is 0 Å². The molecule has 0 saturated heterocycles. The highest BCUT2D eigenvalue weighted by Gasteiger charge is 2.23. The molecule has 0 N–H and O–H groups in total. The van der Waals surface area contributed by atoms with Gasteiger partial charge in [-0.2, -0.15) is 0 Å². The van der Waals surface area contributed by atoms with Gasteiger partial charge in [0.25, 0.3) is 0 Å². The van der Waals surface area contributed by atoms with Crippen LogP contribution in [0, 0.1) is 0 Å². The number of fused-ring (bicyclic) bond motifs is 1. The van der Waals surface area contributed by atoms with Gasteiger partial charge in [0.2, 0.25) is 0 Å². The van der Waals surface area contributed by atoms with E-state index in [1.54, 1.807) is 11.1 Å². The molecule has 0 saturated carbocycles. The number of benzene rings is 1. The lowest BCUT2D eigenvalue weighted by molar-refractivity contribution is 0.199. The molecule has 0 aliphatic heterocycles. The highest BCUT2D eigenvalue weighted by Crippen LogP contribution is 2.28. The molecule has 2 rings (SSSR count). The Labute approximate surface area is 124 Å². The highest BCUT2D eigenvalue weighted by molar-refractivity contribution is 5.57. The van der Waals surface area contributed by atoms with Crippen LogP contribution in [0.15, 0.2) is 24.3 Å². The molecule has 110 valence electrons. The summed E-state index contributed by atoms with van der Waals surface area (Å²) in [7, 11) is 0. The van der Waals surface area contributed by atoms with Crippen molar-refractivity contribution in [2.45, 2.75) is 58.9 Å². The zero-order chi connectivity index (χ0) is 14.4. The van der Waals surface area contributed by atoms with Crippen LogP contribution in [0.1, 0.15) is 56.7 Å². The quantitative estimate of drug-likeness (QED) is 0.725. The van der Waals surface area contributed by atoms with E-state index in [-0.39, 0.29) is 0 Å². The summed E-state index contributed by atoms with van der Waals surface area (Å²) in [5.74, 6) is 0. The number of unbranched alkanes of at least 4 members (excludes halogenated alkanes) is 1. The van der Waals surface area contributed by atoms with Gasteiger partial charge in [-0.05, 0) is 55.5 Å². The number of hydrogen-bond acceptors (Lipinski definition) is 1. The second kappa shape index (κ2) is 7.64. The van der Waals surface area contributed by atoms with Gasteiger partial charge >= 0.3 is 0 Å². The summed E-state index contributed by atoms with van der Waals surface area (Å²) in [4.78, 5) is 2.62. The summed E-state index contributed by atoms with van der Waals surface area (Å²) < 4.78 is 0. The van der Waals surface area contributed by atoms with Crippen molar-refractivity contribution < 1.29 is 0 Å². The first-order valence-corrected chi connectivity index (χ1v) is 8.31. The first kappa shape index (κ1) is 15.3. The Morgan fingerprint density at radius 2 is 2.00 bits per heavy atom. The summed E-state index contributed by atoms with van der Waals surface area (Å²) >= 11 is 0. The molecule has 0 spiro atoms. The Kier molecular flexibility index (Phi) is 5.85. The van der Waals surface area contributed by atoms with Crippen LogP contribution in [-0.4, -0.2) is 24.0 Å². The minimum Gasteiger partial charge on any atom is -0.301 e. The fraction of sp³-hybridized carbons (Fsp3) is 0.579. The third-order valence-electron chi connectivity index (χ3n) is 4.58. The van der Waals surface area contributed by atoms with Gasteiger partial charge in [0.05, 0.1) is 0 Å². The number of rotatable bonds is 6. The molecule has 1 heteroatoms. The van der Waals surface area contributed by atoms with Crippen molar-refractivity contribution in [3.8, 4) is 0 Å². The van der Waals surface area contributed by atoms with E-state index < -0.39 is 0 Å². The molecule has 1 nitrogen and oxygen atoms in total. The lowest BCUT2D eigenvalue weighted by Crippen LogP contribution is -2.39. The molecule has 0 bridgehead atoms. The van der Waals surface area contributed by atoms with E-state index in [2.05, 4.69) is 56.0 Å². The SMILES string of the molecule is CCCC=Cc1cccc2c1CC(N(CC)CC)CC2. The average molecular weight is 271 g/mol. The van der Waals surface area contributed by atoms with Crippen LogP contribution in [0.25, 0.3) is 6.08 Å². The van der Waals surface area contributed by atoms with Crippen LogP contribution < -0.4 is 0 Å². The predicted octanol–water partition coefficient (Wildman–Crippen LogP) is 4.70. The second-order valence-electron chi connectivity index (χ2n) is 5.79. The molecule has 1 aliphatic rings. The maximum absolute atomic E-state index is 2.62. The van der Waals surface area contributed by atoms with Gasteiger partial charge in [-0.25, -0.2) is 0 Å². The van der Waals surface area contributed by atoms with Crippen molar-refractivity contribution in [3.63, 3.8) is 0 Å². The van der Waals surface area contributed by atoms with Crippen molar-refractivity contribution in [2.75, 3.05) is 13.1 Å². The fourth-order valence-electron chi connectivity index (χ4n) is 3.38. The molecular weight excluding hydrogens is 242 g/mol. The summed E-state index contributed by atoms with van der Waals surface area (Å²) in [5.41, 5.74) is 4.63. The van der Waals surface area contributed by atoms with Gasteiger partial charge in [0.15, 0.2) is 0 Å². The second-order valence-corrected chi connectivity index (χ2v) is 5.79. The zero-order valence-corrected chi connectivity index (χ0v) is 13.4. The van der Waals surface area contributed by atoms with Crippen LogP contribution in [0.2, 0.25) is 0 Å². The maximum atomic E-state index is 2.62. The first-order chi connectivity index (χ1) is 9.80. The minimum absolute atomic E-state index is 0.734. The van der Waals surface area contributed by atoms with Gasteiger partial charge in [0, 0.05) is 6.04 Å². The van der Waals surface area contributed by atoms with E-state index in [1.807, 2.05) is 0 Å².